The summed E-state index contributed by atoms with van der Waals surface area (Å²) >= 11 is 0. The minimum atomic E-state index is -2.23. The maximum atomic E-state index is 14.7. The van der Waals surface area contributed by atoms with Crippen LogP contribution in [-0.4, -0.2) is 63.1 Å². The van der Waals surface area contributed by atoms with Crippen molar-refractivity contribution in [2.45, 2.75) is 148 Å². The molecule has 4 aliphatic rings. The lowest BCUT2D eigenvalue weighted by atomic mass is 9.59. The molecule has 248 valence electrons. The zero-order valence-electron chi connectivity index (χ0n) is 27.8. The number of carbonyl (C=O) groups is 3. The predicted molar refractivity (Wildman–Crippen MR) is 167 cm³/mol. The molecule has 8 heteroatoms. The maximum Gasteiger partial charge on any atom is 0.306 e. The Morgan fingerprint density at radius 2 is 1.50 bits per heavy atom. The normalized spacial score (nSPS) is 36.8. The highest BCUT2D eigenvalue weighted by Gasteiger charge is 2.81. The van der Waals surface area contributed by atoms with E-state index in [2.05, 4.69) is 6.92 Å². The Hall–Kier alpha value is -2.03. The lowest BCUT2D eigenvalue weighted by Gasteiger charge is -2.49. The molecular formula is C36H56O8. The second-order valence-electron chi connectivity index (χ2n) is 14.7. The second kappa shape index (κ2) is 13.4. The third-order valence-electron chi connectivity index (χ3n) is 11.5. The Morgan fingerprint density at radius 1 is 0.932 bits per heavy atom. The van der Waals surface area contributed by atoms with Crippen molar-refractivity contribution in [2.75, 3.05) is 6.61 Å². The van der Waals surface area contributed by atoms with Crippen molar-refractivity contribution in [1.82, 2.24) is 0 Å². The van der Waals surface area contributed by atoms with Crippen molar-refractivity contribution in [3.05, 3.63) is 23.3 Å². The number of aliphatic hydroxyl groups excluding tert-OH is 1. The van der Waals surface area contributed by atoms with E-state index >= 15 is 0 Å². The first-order valence-electron chi connectivity index (χ1n) is 17.2. The third-order valence-corrected chi connectivity index (χ3v) is 11.5. The minimum Gasteiger partial charge on any atom is -0.461 e. The molecule has 0 aliphatic heterocycles. The number of aliphatic hydroxyl groups is 3. The molecular weight excluding hydrogens is 560 g/mol. The van der Waals surface area contributed by atoms with Gasteiger partial charge in [-0.15, -0.1) is 0 Å². The summed E-state index contributed by atoms with van der Waals surface area (Å²) in [5, 5.41) is 36.6. The number of esters is 2. The van der Waals surface area contributed by atoms with Crippen LogP contribution in [0.1, 0.15) is 125 Å². The SMILES string of the molecule is CCCCCCCCCC(=O)O[C@H]1C(C)=C[C@]23C(=O)[C@@H](C=C(COC(=O)CCCCC)[C@@H](O)[C@]12O)[C@@H]1C(C)(C)[C@]1(O)C[C@H]3C. The highest BCUT2D eigenvalue weighted by molar-refractivity contribution is 5.96. The molecule has 0 radical (unpaired) electrons. The number of fused-ring (bicyclic) bond motifs is 3. The third kappa shape index (κ3) is 5.72. The Balaban J connectivity index is 1.63. The van der Waals surface area contributed by atoms with Crippen molar-refractivity contribution in [1.29, 1.82) is 0 Å². The van der Waals surface area contributed by atoms with Gasteiger partial charge >= 0.3 is 11.9 Å². The lowest BCUT2D eigenvalue weighted by Crippen LogP contribution is -2.66. The molecule has 0 aromatic carbocycles. The van der Waals surface area contributed by atoms with E-state index in [4.69, 9.17) is 9.47 Å². The molecule has 2 fully saturated rings. The van der Waals surface area contributed by atoms with Crippen molar-refractivity contribution in [2.24, 2.45) is 28.6 Å². The number of rotatable bonds is 15. The number of hydrogen-bond donors (Lipinski definition) is 3. The van der Waals surface area contributed by atoms with Gasteiger partial charge in [0.25, 0.3) is 0 Å². The minimum absolute atomic E-state index is 0.178. The summed E-state index contributed by atoms with van der Waals surface area (Å²) in [5.74, 6) is -3.02. The summed E-state index contributed by atoms with van der Waals surface area (Å²) < 4.78 is 11.5. The van der Waals surface area contributed by atoms with Crippen molar-refractivity contribution in [3.8, 4) is 0 Å². The molecule has 4 rings (SSSR count). The quantitative estimate of drug-likeness (QED) is 0.120. The highest BCUT2D eigenvalue weighted by Crippen LogP contribution is 2.73. The van der Waals surface area contributed by atoms with E-state index in [0.717, 1.165) is 32.1 Å². The molecule has 0 heterocycles. The summed E-state index contributed by atoms with van der Waals surface area (Å²) in [6.07, 6.45) is 10.9. The predicted octanol–water partition coefficient (Wildman–Crippen LogP) is 5.75. The Labute approximate surface area is 263 Å². The van der Waals surface area contributed by atoms with Crippen LogP contribution < -0.4 is 0 Å². The van der Waals surface area contributed by atoms with Gasteiger partial charge in [-0.2, -0.15) is 0 Å². The molecule has 0 aromatic rings. The molecule has 0 saturated heterocycles. The van der Waals surface area contributed by atoms with Crippen LogP contribution in [0.25, 0.3) is 0 Å². The molecule has 0 aromatic heterocycles. The van der Waals surface area contributed by atoms with E-state index < -0.39 is 63.9 Å². The topological polar surface area (TPSA) is 130 Å². The molecule has 44 heavy (non-hydrogen) atoms. The van der Waals surface area contributed by atoms with Crippen LogP contribution >= 0.6 is 0 Å². The standard InChI is InChI=1S/C36H56O8/c1-7-9-11-12-13-14-16-18-28(38)44-32-23(3)20-34-24(4)21-35(41)29(33(35,5)6)26(31(34)40)19-25(30(39)36(32,34)42)22-43-27(37)17-15-10-8-2/h19-20,24,26,29-30,32,39,41-42H,7-18,21-22H2,1-6H3/t24-,26+,29-,30-,32+,34+,35+,36+/m1/s1. The number of ketones is 1. The molecule has 4 aliphatic carbocycles. The zero-order valence-corrected chi connectivity index (χ0v) is 27.8. The van der Waals surface area contributed by atoms with Crippen LogP contribution in [0, 0.1) is 28.6 Å². The average Bonchev–Trinajstić information content (AvgIpc) is 3.33. The van der Waals surface area contributed by atoms with Gasteiger partial charge in [-0.25, -0.2) is 0 Å². The molecule has 8 atom stereocenters. The van der Waals surface area contributed by atoms with Crippen molar-refractivity contribution < 1.29 is 39.2 Å². The summed E-state index contributed by atoms with van der Waals surface area (Å²) in [5.41, 5.74) is -4.84. The van der Waals surface area contributed by atoms with Crippen LogP contribution in [0.2, 0.25) is 0 Å². The monoisotopic (exact) mass is 616 g/mol. The van der Waals surface area contributed by atoms with Gasteiger partial charge in [-0.1, -0.05) is 98.1 Å². The fourth-order valence-corrected chi connectivity index (χ4v) is 8.85. The first-order chi connectivity index (χ1) is 20.7. The number of Topliss-reactive ketones (excluding diaryl/α,β-unsaturated/α-hetero) is 1. The van der Waals surface area contributed by atoms with Crippen molar-refractivity contribution in [3.63, 3.8) is 0 Å². The first-order valence-corrected chi connectivity index (χ1v) is 17.2. The van der Waals surface area contributed by atoms with Gasteiger partial charge in [0.2, 0.25) is 0 Å². The van der Waals surface area contributed by atoms with Gasteiger partial charge in [0.15, 0.2) is 17.5 Å². The van der Waals surface area contributed by atoms with E-state index in [1.54, 1.807) is 19.1 Å². The van der Waals surface area contributed by atoms with Gasteiger partial charge in [0, 0.05) is 30.1 Å². The number of allylic oxidation sites excluding steroid dienone is 1. The molecule has 0 unspecified atom stereocenters. The number of carbonyl (C=O) groups excluding carboxylic acids is 3. The van der Waals surface area contributed by atoms with E-state index in [1.807, 2.05) is 27.7 Å². The van der Waals surface area contributed by atoms with Gasteiger partial charge in [0.1, 0.15) is 12.7 Å². The lowest BCUT2D eigenvalue weighted by molar-refractivity contribution is -0.204. The van der Waals surface area contributed by atoms with Crippen LogP contribution in [0.5, 0.6) is 0 Å². The summed E-state index contributed by atoms with van der Waals surface area (Å²) in [6, 6.07) is 0. The average molecular weight is 617 g/mol. The Bertz CT molecular complexity index is 1150. The maximum absolute atomic E-state index is 14.7. The fourth-order valence-electron chi connectivity index (χ4n) is 8.85. The van der Waals surface area contributed by atoms with Crippen LogP contribution in [-0.2, 0) is 23.9 Å². The summed E-state index contributed by atoms with van der Waals surface area (Å²) in [4.78, 5) is 40.4. The number of ether oxygens (including phenoxy) is 2. The smallest absolute Gasteiger partial charge is 0.306 e. The highest BCUT2D eigenvalue weighted by atomic mass is 16.6. The van der Waals surface area contributed by atoms with Crippen LogP contribution in [0.3, 0.4) is 0 Å². The van der Waals surface area contributed by atoms with Crippen LogP contribution in [0.4, 0.5) is 0 Å². The van der Waals surface area contributed by atoms with E-state index in [-0.39, 0.29) is 37.2 Å². The summed E-state index contributed by atoms with van der Waals surface area (Å²) in [6.45, 7) is 11.3. The summed E-state index contributed by atoms with van der Waals surface area (Å²) in [7, 11) is 0. The molecule has 8 nitrogen and oxygen atoms in total. The van der Waals surface area contributed by atoms with Gasteiger partial charge in [-0.3, -0.25) is 14.4 Å². The molecule has 2 saturated carbocycles. The number of hydrogen-bond acceptors (Lipinski definition) is 8. The fraction of sp³-hybridized carbons (Fsp3) is 0.806. The Kier molecular flexibility index (Phi) is 10.6. The van der Waals surface area contributed by atoms with E-state index in [9.17, 15) is 29.7 Å². The van der Waals surface area contributed by atoms with Crippen molar-refractivity contribution >= 4 is 17.7 Å². The second-order valence-corrected chi connectivity index (χ2v) is 14.7. The Morgan fingerprint density at radius 3 is 2.16 bits per heavy atom. The molecule has 3 N–H and O–H groups in total. The van der Waals surface area contributed by atoms with Crippen LogP contribution in [0.15, 0.2) is 23.3 Å². The van der Waals surface area contributed by atoms with Gasteiger partial charge < -0.3 is 24.8 Å². The molecule has 1 spiro atoms. The zero-order chi connectivity index (χ0) is 32.5. The molecule has 0 amide bonds. The first kappa shape index (κ1) is 34.8. The van der Waals surface area contributed by atoms with E-state index in [0.29, 0.717) is 18.4 Å². The largest absolute Gasteiger partial charge is 0.461 e. The molecule has 2 bridgehead atoms. The van der Waals surface area contributed by atoms with Gasteiger partial charge in [-0.05, 0) is 43.3 Å². The number of unbranched alkanes of at least 4 members (excludes halogenated alkanes) is 8. The van der Waals surface area contributed by atoms with Gasteiger partial charge in [0.05, 0.1) is 11.0 Å². The van der Waals surface area contributed by atoms with E-state index in [1.165, 1.54) is 19.3 Å².